The topological polar surface area (TPSA) is 55.5 Å². The maximum atomic E-state index is 13.7. The fraction of sp³-hybridized carbons (Fsp3) is 0.455. The molecule has 90 valence electrons. The first kappa shape index (κ1) is 13.3. The molecule has 3 N–H and O–H groups in total. The minimum atomic E-state index is -0.376. The van der Waals surface area contributed by atoms with Gasteiger partial charge in [-0.15, -0.1) is 0 Å². The van der Waals surface area contributed by atoms with Crippen LogP contribution in [0, 0.1) is 5.82 Å². The first-order valence-corrected chi connectivity index (χ1v) is 5.85. The number of unbranched alkanes of at least 4 members (excludes halogenated alkanes) is 1. The maximum absolute atomic E-state index is 13.7. The van der Waals surface area contributed by atoms with E-state index in [4.69, 9.17) is 10.5 Å². The molecule has 1 rings (SSSR count). The van der Waals surface area contributed by atoms with Crippen LogP contribution in [0.3, 0.4) is 0 Å². The summed E-state index contributed by atoms with van der Waals surface area (Å²) in [5.74, 6) is -0.308. The molecule has 0 aromatic heterocycles. The van der Waals surface area contributed by atoms with Gasteiger partial charge in [-0.2, -0.15) is 0 Å². The molecule has 3 nitrogen and oxygen atoms in total. The van der Waals surface area contributed by atoms with Crippen LogP contribution in [-0.2, 0) is 6.42 Å². The largest absolute Gasteiger partial charge is 0.503 e. The SMILES string of the molecule is COc1cc(F)c(CCCCN)c(Br)c1O. The Morgan fingerprint density at radius 3 is 2.75 bits per heavy atom. The van der Waals surface area contributed by atoms with Crippen LogP contribution >= 0.6 is 15.9 Å². The zero-order valence-corrected chi connectivity index (χ0v) is 10.7. The molecule has 0 spiro atoms. The van der Waals surface area contributed by atoms with E-state index in [1.165, 1.54) is 13.2 Å². The fourth-order valence-electron chi connectivity index (χ4n) is 1.46. The summed E-state index contributed by atoms with van der Waals surface area (Å²) < 4.78 is 18.9. The van der Waals surface area contributed by atoms with Crippen molar-refractivity contribution in [2.24, 2.45) is 5.73 Å². The highest BCUT2D eigenvalue weighted by molar-refractivity contribution is 9.10. The first-order valence-electron chi connectivity index (χ1n) is 5.05. The molecule has 0 radical (unpaired) electrons. The zero-order chi connectivity index (χ0) is 12.1. The smallest absolute Gasteiger partial charge is 0.172 e. The molecule has 0 bridgehead atoms. The molecule has 1 aromatic carbocycles. The number of benzene rings is 1. The van der Waals surface area contributed by atoms with Crippen LogP contribution in [0.5, 0.6) is 11.5 Å². The molecule has 0 amide bonds. The number of nitrogens with two attached hydrogens (primary N) is 1. The van der Waals surface area contributed by atoms with Crippen LogP contribution < -0.4 is 10.5 Å². The van der Waals surface area contributed by atoms with Gasteiger partial charge in [0.25, 0.3) is 0 Å². The lowest BCUT2D eigenvalue weighted by Gasteiger charge is -2.11. The Labute approximate surface area is 103 Å². The van der Waals surface area contributed by atoms with Gasteiger partial charge in [0.2, 0.25) is 0 Å². The van der Waals surface area contributed by atoms with E-state index in [-0.39, 0.29) is 17.3 Å². The highest BCUT2D eigenvalue weighted by Crippen LogP contribution is 2.38. The van der Waals surface area contributed by atoms with Crippen molar-refractivity contribution in [3.05, 3.63) is 21.9 Å². The van der Waals surface area contributed by atoms with Crippen molar-refractivity contribution in [2.45, 2.75) is 19.3 Å². The Morgan fingerprint density at radius 1 is 1.50 bits per heavy atom. The third-order valence-corrected chi connectivity index (χ3v) is 3.21. The number of phenols is 1. The minimum Gasteiger partial charge on any atom is -0.503 e. The van der Waals surface area contributed by atoms with E-state index in [2.05, 4.69) is 15.9 Å². The molecule has 0 aliphatic rings. The molecular formula is C11H15BrFNO2. The molecule has 0 aliphatic heterocycles. The third-order valence-electron chi connectivity index (χ3n) is 2.35. The molecule has 16 heavy (non-hydrogen) atoms. The van der Waals surface area contributed by atoms with E-state index >= 15 is 0 Å². The molecule has 0 atom stereocenters. The highest BCUT2D eigenvalue weighted by atomic mass is 79.9. The summed E-state index contributed by atoms with van der Waals surface area (Å²) in [7, 11) is 1.38. The van der Waals surface area contributed by atoms with Gasteiger partial charge in [-0.3, -0.25) is 0 Å². The normalized spacial score (nSPS) is 10.5. The highest BCUT2D eigenvalue weighted by Gasteiger charge is 2.16. The van der Waals surface area contributed by atoms with E-state index < -0.39 is 0 Å². The number of hydrogen-bond donors (Lipinski definition) is 2. The minimum absolute atomic E-state index is 0.0633. The molecule has 0 saturated heterocycles. The van der Waals surface area contributed by atoms with E-state index in [0.29, 0.717) is 23.0 Å². The molecule has 0 saturated carbocycles. The zero-order valence-electron chi connectivity index (χ0n) is 9.09. The standard InChI is InChI=1S/C11H15BrFNO2/c1-16-9-6-8(13)7(4-2-3-5-14)10(12)11(9)15/h6,15H,2-5,14H2,1H3. The number of hydrogen-bond acceptors (Lipinski definition) is 3. The van der Waals surface area contributed by atoms with Crippen LogP contribution in [0.4, 0.5) is 4.39 Å². The molecular weight excluding hydrogens is 277 g/mol. The van der Waals surface area contributed by atoms with Gasteiger partial charge in [-0.25, -0.2) is 4.39 Å². The number of halogens is 2. The second kappa shape index (κ2) is 6.06. The lowest BCUT2D eigenvalue weighted by molar-refractivity contribution is 0.367. The van der Waals surface area contributed by atoms with Gasteiger partial charge < -0.3 is 15.6 Å². The van der Waals surface area contributed by atoms with Crippen molar-refractivity contribution < 1.29 is 14.2 Å². The van der Waals surface area contributed by atoms with Gasteiger partial charge in [0.1, 0.15) is 5.82 Å². The third kappa shape index (κ3) is 2.86. The summed E-state index contributed by atoms with van der Waals surface area (Å²) in [5.41, 5.74) is 5.83. The molecule has 1 aromatic rings. The van der Waals surface area contributed by atoms with Crippen LogP contribution in [-0.4, -0.2) is 18.8 Å². The number of ether oxygens (including phenoxy) is 1. The lowest BCUT2D eigenvalue weighted by Crippen LogP contribution is -2.01. The molecule has 0 fully saturated rings. The second-order valence-electron chi connectivity index (χ2n) is 3.45. The number of rotatable bonds is 5. The fourth-order valence-corrected chi connectivity index (χ4v) is 2.04. The van der Waals surface area contributed by atoms with E-state index in [1.54, 1.807) is 0 Å². The monoisotopic (exact) mass is 291 g/mol. The van der Waals surface area contributed by atoms with Crippen molar-refractivity contribution in [1.29, 1.82) is 0 Å². The van der Waals surface area contributed by atoms with Crippen LogP contribution in [0.15, 0.2) is 10.5 Å². The van der Waals surface area contributed by atoms with Crippen molar-refractivity contribution in [3.63, 3.8) is 0 Å². The number of methoxy groups -OCH3 is 1. The first-order chi connectivity index (χ1) is 7.61. The average Bonchev–Trinajstić information content (AvgIpc) is 2.28. The Morgan fingerprint density at radius 2 is 2.19 bits per heavy atom. The predicted octanol–water partition coefficient (Wildman–Crippen LogP) is 2.58. The van der Waals surface area contributed by atoms with Gasteiger partial charge in [-0.1, -0.05) is 0 Å². The Hall–Kier alpha value is -0.810. The second-order valence-corrected chi connectivity index (χ2v) is 4.24. The van der Waals surface area contributed by atoms with Crippen molar-refractivity contribution in [3.8, 4) is 11.5 Å². The van der Waals surface area contributed by atoms with Crippen LogP contribution in [0.2, 0.25) is 0 Å². The summed E-state index contributed by atoms with van der Waals surface area (Å²) in [4.78, 5) is 0. The van der Waals surface area contributed by atoms with Gasteiger partial charge in [0, 0.05) is 11.6 Å². The van der Waals surface area contributed by atoms with Crippen LogP contribution in [0.25, 0.3) is 0 Å². The molecule has 0 aliphatic carbocycles. The van der Waals surface area contributed by atoms with Crippen LogP contribution in [0.1, 0.15) is 18.4 Å². The number of phenolic OH excluding ortho intramolecular Hbond substituents is 1. The molecule has 5 heteroatoms. The maximum Gasteiger partial charge on any atom is 0.172 e. The quantitative estimate of drug-likeness (QED) is 0.820. The van der Waals surface area contributed by atoms with E-state index in [1.807, 2.05) is 0 Å². The average molecular weight is 292 g/mol. The summed E-state index contributed by atoms with van der Waals surface area (Å²) in [6.07, 6.45) is 2.16. The van der Waals surface area contributed by atoms with Crippen molar-refractivity contribution in [1.82, 2.24) is 0 Å². The molecule has 0 heterocycles. The van der Waals surface area contributed by atoms with Crippen molar-refractivity contribution in [2.75, 3.05) is 13.7 Å². The van der Waals surface area contributed by atoms with Gasteiger partial charge in [-0.05, 0) is 41.7 Å². The van der Waals surface area contributed by atoms with E-state index in [9.17, 15) is 9.50 Å². The predicted molar refractivity (Wildman–Crippen MR) is 64.3 cm³/mol. The number of aromatic hydroxyl groups is 1. The summed E-state index contributed by atoms with van der Waals surface area (Å²) in [5, 5.41) is 9.70. The summed E-state index contributed by atoms with van der Waals surface area (Å²) in [6.45, 7) is 0.585. The summed E-state index contributed by atoms with van der Waals surface area (Å²) in [6, 6.07) is 1.19. The van der Waals surface area contributed by atoms with Gasteiger partial charge in [0.15, 0.2) is 11.5 Å². The van der Waals surface area contributed by atoms with Gasteiger partial charge >= 0.3 is 0 Å². The Balaban J connectivity index is 2.96. The lowest BCUT2D eigenvalue weighted by atomic mass is 10.1. The summed E-state index contributed by atoms with van der Waals surface area (Å²) >= 11 is 3.17. The Bertz CT molecular complexity index is 371. The van der Waals surface area contributed by atoms with Gasteiger partial charge in [0.05, 0.1) is 11.6 Å². The van der Waals surface area contributed by atoms with E-state index in [0.717, 1.165) is 12.8 Å². The molecule has 0 unspecified atom stereocenters. The Kier molecular flexibility index (Phi) is 5.02. The van der Waals surface area contributed by atoms with Crippen molar-refractivity contribution >= 4 is 15.9 Å².